The quantitative estimate of drug-likeness (QED) is 0.0117. The normalized spacial score (nSPS) is 11.8. The minimum absolute atomic E-state index is 0.0423. The van der Waals surface area contributed by atoms with Crippen LogP contribution >= 0.6 is 0 Å². The number of rotatable bonds is 20. The van der Waals surface area contributed by atoms with E-state index in [0.29, 0.717) is 24.3 Å². The van der Waals surface area contributed by atoms with Crippen molar-refractivity contribution >= 4 is 43.8 Å². The lowest BCUT2D eigenvalue weighted by atomic mass is 10.1. The van der Waals surface area contributed by atoms with Gasteiger partial charge in [0.25, 0.3) is 5.91 Å². The van der Waals surface area contributed by atoms with Crippen molar-refractivity contribution in [2.45, 2.75) is 47.6 Å². The molecule has 0 radical (unpaired) electrons. The highest BCUT2D eigenvalue weighted by atomic mass is 32.2. The van der Waals surface area contributed by atoms with E-state index in [9.17, 15) is 52.8 Å². The SMILES string of the molecule is CO.COC(=O)[C@@H](CCCN=C(N)N)NS(=O)(=O)c1cc(F)c(Oc2ccc(F)cc2)c(F)c1.NC(N)=NCCC[C@@H](NS(=O)(=O)c1cc(F)c(Oc2ccc(F)cc2)c(F)c1)C(=O)NO. The summed E-state index contributed by atoms with van der Waals surface area (Å²) in [6, 6.07) is 7.78. The van der Waals surface area contributed by atoms with E-state index in [4.69, 9.17) is 42.7 Å². The molecule has 0 aliphatic carbocycles. The Hall–Kier alpha value is -6.72. The van der Waals surface area contributed by atoms with Crippen molar-refractivity contribution in [1.82, 2.24) is 14.9 Å². The van der Waals surface area contributed by atoms with Gasteiger partial charge in [-0.2, -0.15) is 9.44 Å². The third kappa shape index (κ3) is 17.7. The molecule has 13 N–H and O–H groups in total. The lowest BCUT2D eigenvalue weighted by Crippen LogP contribution is -2.45. The number of hydroxylamine groups is 1. The monoisotopic (exact) mass is 981 g/mol. The maximum Gasteiger partial charge on any atom is 0.323 e. The number of hydrogen-bond donors (Lipinski definition) is 9. The number of nitrogens with two attached hydrogens (primary N) is 4. The molecular formula is C38H45F6N9O11S2. The Morgan fingerprint density at radius 1 is 0.621 bits per heavy atom. The van der Waals surface area contributed by atoms with E-state index in [1.807, 2.05) is 9.44 Å². The summed E-state index contributed by atoms with van der Waals surface area (Å²) >= 11 is 0. The maximum atomic E-state index is 14.4. The molecule has 362 valence electrons. The molecule has 0 unspecified atom stereocenters. The zero-order valence-corrected chi connectivity index (χ0v) is 36.3. The molecular weight excluding hydrogens is 937 g/mol. The summed E-state index contributed by atoms with van der Waals surface area (Å²) in [6.45, 7) is 0.189. The third-order valence-corrected chi connectivity index (χ3v) is 10.9. The Morgan fingerprint density at radius 2 is 0.955 bits per heavy atom. The molecule has 0 spiro atoms. The van der Waals surface area contributed by atoms with Crippen LogP contribution in [0.25, 0.3) is 0 Å². The summed E-state index contributed by atoms with van der Waals surface area (Å²) in [5, 5.41) is 15.8. The average Bonchev–Trinajstić information content (AvgIpc) is 3.26. The first-order chi connectivity index (χ1) is 31.1. The zero-order valence-electron chi connectivity index (χ0n) is 34.7. The molecule has 0 bridgehead atoms. The van der Waals surface area contributed by atoms with Gasteiger partial charge in [-0.05, 0) is 98.5 Å². The Morgan fingerprint density at radius 3 is 1.27 bits per heavy atom. The number of ether oxygens (including phenoxy) is 3. The van der Waals surface area contributed by atoms with E-state index in [0.717, 1.165) is 62.8 Å². The van der Waals surface area contributed by atoms with E-state index in [1.54, 1.807) is 0 Å². The van der Waals surface area contributed by atoms with Crippen LogP contribution < -0.4 is 47.3 Å². The van der Waals surface area contributed by atoms with Crippen LogP contribution in [0.1, 0.15) is 25.7 Å². The van der Waals surface area contributed by atoms with Crippen molar-refractivity contribution < 1.29 is 77.3 Å². The first-order valence-corrected chi connectivity index (χ1v) is 21.5. The fourth-order valence-electron chi connectivity index (χ4n) is 5.03. The van der Waals surface area contributed by atoms with E-state index < -0.39 is 100 Å². The number of aliphatic imine (C=N–C) groups is 2. The highest BCUT2D eigenvalue weighted by molar-refractivity contribution is 7.89. The second-order valence-corrected chi connectivity index (χ2v) is 16.2. The molecule has 0 aromatic heterocycles. The van der Waals surface area contributed by atoms with E-state index in [1.165, 1.54) is 5.48 Å². The van der Waals surface area contributed by atoms with Crippen LogP contribution in [0.3, 0.4) is 0 Å². The number of benzene rings is 4. The summed E-state index contributed by atoms with van der Waals surface area (Å²) in [6.07, 6.45) is 0.178. The van der Waals surface area contributed by atoms with Crippen molar-refractivity contribution in [2.75, 3.05) is 27.3 Å². The summed E-state index contributed by atoms with van der Waals surface area (Å²) in [5.41, 5.74) is 22.0. The summed E-state index contributed by atoms with van der Waals surface area (Å²) in [5.74, 6) is -10.8. The maximum absolute atomic E-state index is 14.4. The van der Waals surface area contributed by atoms with Gasteiger partial charge in [-0.1, -0.05) is 0 Å². The van der Waals surface area contributed by atoms with Gasteiger partial charge in [0.2, 0.25) is 20.0 Å². The van der Waals surface area contributed by atoms with Crippen LogP contribution in [0.15, 0.2) is 92.6 Å². The smallest absolute Gasteiger partial charge is 0.323 e. The Labute approximate surface area is 373 Å². The standard InChI is InChI=1S/C19H21F3N4O5S.C18H20F3N5O5S.CH4O/c1-30-18(27)16(3-2-8-25-19(23)24)26-32(28,29)13-9-14(21)17(15(22)10-13)31-12-6-4-11(20)5-7-12;19-10-3-5-11(6-4-10)31-16-13(20)8-12(9-14(16)21)32(29,30)26-15(17(27)25-28)2-1-7-24-18(22)23;1-2/h4-7,9-10,16,26H,2-3,8H2,1H3,(H4,23,24,25);3-6,8-9,15,26,28H,1-2,7H2,(H,25,27)(H4,22,23,24);2H,1H3/t16-;15-;/m11./s1. The van der Waals surface area contributed by atoms with Gasteiger partial charge in [0.15, 0.2) is 46.7 Å². The topological polar surface area (TPSA) is 335 Å². The predicted molar refractivity (Wildman–Crippen MR) is 224 cm³/mol. The fraction of sp³-hybridized carbons (Fsp3) is 0.263. The van der Waals surface area contributed by atoms with E-state index in [-0.39, 0.29) is 62.2 Å². The van der Waals surface area contributed by atoms with Crippen molar-refractivity contribution in [3.8, 4) is 23.0 Å². The number of halogens is 6. The van der Waals surface area contributed by atoms with Gasteiger partial charge in [0.1, 0.15) is 35.2 Å². The number of carbonyl (C=O) groups is 2. The zero-order chi connectivity index (χ0) is 49.8. The number of guanidine groups is 2. The molecule has 20 nitrogen and oxygen atoms in total. The molecule has 1 amide bonds. The minimum Gasteiger partial charge on any atom is -0.468 e. The van der Waals surface area contributed by atoms with Gasteiger partial charge in [0, 0.05) is 20.2 Å². The molecule has 4 rings (SSSR count). The van der Waals surface area contributed by atoms with Crippen molar-refractivity contribution in [2.24, 2.45) is 32.9 Å². The second-order valence-electron chi connectivity index (χ2n) is 12.8. The number of nitrogens with zero attached hydrogens (tertiary/aromatic N) is 2. The third-order valence-electron chi connectivity index (χ3n) is 8.03. The molecule has 4 aromatic carbocycles. The number of amides is 1. The summed E-state index contributed by atoms with van der Waals surface area (Å²) in [7, 11) is -7.07. The highest BCUT2D eigenvalue weighted by Crippen LogP contribution is 2.32. The molecule has 0 aliphatic rings. The van der Waals surface area contributed by atoms with E-state index in [2.05, 4.69) is 14.7 Å². The lowest BCUT2D eigenvalue weighted by Gasteiger charge is -2.17. The van der Waals surface area contributed by atoms with Gasteiger partial charge in [-0.15, -0.1) is 0 Å². The molecule has 0 saturated carbocycles. The fourth-order valence-corrected chi connectivity index (χ4v) is 7.52. The first kappa shape index (κ1) is 55.4. The van der Waals surface area contributed by atoms with Gasteiger partial charge in [-0.3, -0.25) is 24.8 Å². The van der Waals surface area contributed by atoms with Gasteiger partial charge in [-0.25, -0.2) is 48.7 Å². The molecule has 0 saturated heterocycles. The highest BCUT2D eigenvalue weighted by Gasteiger charge is 2.30. The van der Waals surface area contributed by atoms with Gasteiger partial charge in [0.05, 0.1) is 16.9 Å². The second kappa shape index (κ2) is 26.3. The van der Waals surface area contributed by atoms with Crippen LogP contribution in [0.5, 0.6) is 23.0 Å². The minimum atomic E-state index is -4.60. The number of aliphatic hydroxyl groups is 1. The molecule has 0 fully saturated rings. The number of sulfonamides is 2. The average molecular weight is 982 g/mol. The Kier molecular flexibility index (Phi) is 22.1. The van der Waals surface area contributed by atoms with Crippen LogP contribution in [0.2, 0.25) is 0 Å². The molecule has 0 heterocycles. The molecule has 4 aromatic rings. The summed E-state index contributed by atoms with van der Waals surface area (Å²) < 4.78 is 153. The van der Waals surface area contributed by atoms with Crippen LogP contribution in [-0.2, 0) is 34.4 Å². The number of carbonyl (C=O) groups excluding carboxylic acids is 2. The first-order valence-electron chi connectivity index (χ1n) is 18.5. The Balaban J connectivity index is 0.000000437. The molecule has 28 heteroatoms. The number of nitrogens with one attached hydrogen (secondary N) is 3. The predicted octanol–water partition coefficient (Wildman–Crippen LogP) is 2.48. The largest absolute Gasteiger partial charge is 0.468 e. The number of aliphatic hydroxyl groups excluding tert-OH is 1. The van der Waals surface area contributed by atoms with Crippen molar-refractivity contribution in [3.63, 3.8) is 0 Å². The van der Waals surface area contributed by atoms with E-state index >= 15 is 0 Å². The lowest BCUT2D eigenvalue weighted by molar-refractivity contribution is -0.142. The number of esters is 1. The molecule has 66 heavy (non-hydrogen) atoms. The van der Waals surface area contributed by atoms with Crippen molar-refractivity contribution in [1.29, 1.82) is 0 Å². The summed E-state index contributed by atoms with van der Waals surface area (Å²) in [4.78, 5) is 29.5. The van der Waals surface area contributed by atoms with Crippen LogP contribution in [0, 0.1) is 34.9 Å². The van der Waals surface area contributed by atoms with Gasteiger partial charge >= 0.3 is 5.97 Å². The van der Waals surface area contributed by atoms with Crippen molar-refractivity contribution in [3.05, 3.63) is 108 Å². The van der Waals surface area contributed by atoms with Gasteiger partial charge < -0.3 is 42.3 Å². The molecule has 2 atom stereocenters. The molecule has 0 aliphatic heterocycles. The van der Waals surface area contributed by atoms with Crippen LogP contribution in [-0.4, -0.2) is 90.3 Å². The number of hydrogen-bond acceptors (Lipinski definition) is 13. The number of methoxy groups -OCH3 is 1. The Bertz CT molecular complexity index is 2320. The van der Waals surface area contributed by atoms with Crippen LogP contribution in [0.4, 0.5) is 26.3 Å².